The highest BCUT2D eigenvalue weighted by molar-refractivity contribution is 7.99. The molecule has 1 aliphatic heterocycles. The molecule has 0 atom stereocenters. The van der Waals surface area contributed by atoms with Gasteiger partial charge in [-0.05, 0) is 165 Å². The van der Waals surface area contributed by atoms with Gasteiger partial charge in [0, 0.05) is 20.9 Å². The molecule has 0 amide bonds. The lowest BCUT2D eigenvalue weighted by Crippen LogP contribution is -2.57. The van der Waals surface area contributed by atoms with Gasteiger partial charge in [0.05, 0.1) is 16.8 Å². The highest BCUT2D eigenvalue weighted by Gasteiger charge is 2.61. The van der Waals surface area contributed by atoms with E-state index in [0.29, 0.717) is 11.8 Å². The summed E-state index contributed by atoms with van der Waals surface area (Å²) in [6, 6.07) is 63.7. The Balaban J connectivity index is 1.12. The number of rotatable bonds is 5. The number of anilines is 3. The Morgan fingerprint density at radius 2 is 1.02 bits per heavy atom. The van der Waals surface area contributed by atoms with E-state index in [9.17, 15) is 0 Å². The van der Waals surface area contributed by atoms with Crippen LogP contribution < -0.4 is 4.90 Å². The van der Waals surface area contributed by atoms with Gasteiger partial charge in [0.1, 0.15) is 0 Å². The largest absolute Gasteiger partial charge is 0.309 e. The van der Waals surface area contributed by atoms with Gasteiger partial charge in [-0.3, -0.25) is 0 Å². The van der Waals surface area contributed by atoms with Gasteiger partial charge in [-0.2, -0.15) is 0 Å². The first kappa shape index (κ1) is 38.2. The van der Waals surface area contributed by atoms with Crippen LogP contribution in [0.2, 0.25) is 0 Å². The first-order valence-corrected chi connectivity index (χ1v) is 24.7. The van der Waals surface area contributed by atoms with Crippen molar-refractivity contribution in [2.75, 3.05) is 4.90 Å². The zero-order valence-electron chi connectivity index (χ0n) is 37.2. The van der Waals surface area contributed by atoms with Crippen LogP contribution in [0.15, 0.2) is 174 Å². The molecule has 2 heteroatoms. The summed E-state index contributed by atoms with van der Waals surface area (Å²) in [4.78, 5) is 5.68. The van der Waals surface area contributed by atoms with E-state index in [-0.39, 0.29) is 16.2 Å². The van der Waals surface area contributed by atoms with Crippen molar-refractivity contribution in [2.45, 2.75) is 104 Å². The van der Waals surface area contributed by atoms with Crippen molar-refractivity contribution in [2.24, 2.45) is 23.7 Å². The summed E-state index contributed by atoms with van der Waals surface area (Å²) < 4.78 is 0. The molecule has 0 saturated heterocycles. The van der Waals surface area contributed by atoms with E-state index in [1.54, 1.807) is 11.1 Å². The molecular formula is C61H57NS. The van der Waals surface area contributed by atoms with Crippen molar-refractivity contribution < 1.29 is 0 Å². The fourth-order valence-electron chi connectivity index (χ4n) is 15.0. The van der Waals surface area contributed by atoms with E-state index in [0.717, 1.165) is 18.3 Å². The quantitative estimate of drug-likeness (QED) is 0.170. The second-order valence-corrected chi connectivity index (χ2v) is 22.5. The molecule has 1 spiro atoms. The topological polar surface area (TPSA) is 3.24 Å². The SMILES string of the molecule is CC1(C)CCC(C)(C)c2c(N(c3ccc4c(c3)C(c3ccccc3)(c3ccccc3)c3ccccc3-4)c3cccc4c3Sc3ccccc3C43C4CC5CC(C4)CC3C5)cccc21. The first-order chi connectivity index (χ1) is 30.7. The Hall–Kier alpha value is -5.31. The highest BCUT2D eigenvalue weighted by atomic mass is 32.2. The lowest BCUT2D eigenvalue weighted by atomic mass is 9.42. The average Bonchev–Trinajstić information content (AvgIpc) is 3.60. The second kappa shape index (κ2) is 13.6. The van der Waals surface area contributed by atoms with Crippen molar-refractivity contribution in [1.29, 1.82) is 0 Å². The second-order valence-electron chi connectivity index (χ2n) is 21.5. The Morgan fingerprint density at radius 3 is 1.71 bits per heavy atom. The summed E-state index contributed by atoms with van der Waals surface area (Å²) in [6.45, 7) is 9.96. The molecule has 312 valence electrons. The monoisotopic (exact) mass is 835 g/mol. The normalized spacial score (nSPS) is 25.7. The maximum Gasteiger partial charge on any atom is 0.0714 e. The van der Waals surface area contributed by atoms with Crippen molar-refractivity contribution in [1.82, 2.24) is 0 Å². The molecule has 0 aromatic heterocycles. The lowest BCUT2D eigenvalue weighted by molar-refractivity contribution is -0.0443. The standard InChI is InChI=1S/C61H57NS/c1-58(2)31-32-59(3,4)56-50(58)24-15-26-53(56)62(54-27-16-25-51-57(54)63-55-28-14-13-23-49(55)61(51)43-34-39-33-40(36-43)37-44(61)35-39)45-29-30-47-46-21-11-12-22-48(46)60(52(47)38-45,41-17-7-5-8-18-41)42-19-9-6-10-20-42/h5-30,38-40,43-44H,31-37H2,1-4H3. The molecule has 4 saturated carbocycles. The summed E-state index contributed by atoms with van der Waals surface area (Å²) in [5.41, 5.74) is 17.7. The number of hydrogen-bond acceptors (Lipinski definition) is 2. The van der Waals surface area contributed by atoms with Crippen LogP contribution in [0.3, 0.4) is 0 Å². The molecule has 1 nitrogen and oxygen atoms in total. The number of fused-ring (bicyclic) bond motifs is 6. The highest BCUT2D eigenvalue weighted by Crippen LogP contribution is 2.70. The van der Waals surface area contributed by atoms with E-state index in [4.69, 9.17) is 0 Å². The molecule has 7 aliphatic rings. The fourth-order valence-corrected chi connectivity index (χ4v) is 16.3. The van der Waals surface area contributed by atoms with E-state index in [2.05, 4.69) is 196 Å². The summed E-state index contributed by atoms with van der Waals surface area (Å²) in [5, 5.41) is 0. The number of benzene rings is 7. The Labute approximate surface area is 379 Å². The van der Waals surface area contributed by atoms with Gasteiger partial charge >= 0.3 is 0 Å². The zero-order chi connectivity index (χ0) is 42.3. The third-order valence-electron chi connectivity index (χ3n) is 17.4. The summed E-state index contributed by atoms with van der Waals surface area (Å²) >= 11 is 2.05. The molecule has 0 N–H and O–H groups in total. The van der Waals surface area contributed by atoms with Gasteiger partial charge < -0.3 is 4.90 Å². The van der Waals surface area contributed by atoms with Crippen molar-refractivity contribution >= 4 is 28.8 Å². The van der Waals surface area contributed by atoms with Crippen LogP contribution in [0, 0.1) is 23.7 Å². The average molecular weight is 836 g/mol. The summed E-state index contributed by atoms with van der Waals surface area (Å²) in [6.07, 6.45) is 9.31. The molecule has 0 radical (unpaired) electrons. The summed E-state index contributed by atoms with van der Waals surface area (Å²) in [5.74, 6) is 3.18. The third-order valence-corrected chi connectivity index (χ3v) is 18.6. The van der Waals surface area contributed by atoms with Gasteiger partial charge in [-0.25, -0.2) is 0 Å². The van der Waals surface area contributed by atoms with Crippen molar-refractivity contribution in [3.63, 3.8) is 0 Å². The van der Waals surface area contributed by atoms with Gasteiger partial charge in [-0.15, -0.1) is 0 Å². The predicted octanol–water partition coefficient (Wildman–Crippen LogP) is 16.1. The van der Waals surface area contributed by atoms with Crippen LogP contribution in [0.5, 0.6) is 0 Å². The van der Waals surface area contributed by atoms with Crippen molar-refractivity contribution in [3.05, 3.63) is 208 Å². The predicted molar refractivity (Wildman–Crippen MR) is 262 cm³/mol. The third kappa shape index (κ3) is 5.19. The van der Waals surface area contributed by atoms with Crippen LogP contribution >= 0.6 is 11.8 Å². The molecule has 7 aromatic rings. The molecule has 6 aliphatic carbocycles. The van der Waals surface area contributed by atoms with Gasteiger partial charge in [0.15, 0.2) is 0 Å². The van der Waals surface area contributed by atoms with Gasteiger partial charge in [-0.1, -0.05) is 173 Å². The molecule has 4 bridgehead atoms. The molecule has 63 heavy (non-hydrogen) atoms. The van der Waals surface area contributed by atoms with Gasteiger partial charge in [0.25, 0.3) is 0 Å². The number of nitrogens with zero attached hydrogens (tertiary/aromatic N) is 1. The molecule has 4 fully saturated rings. The number of hydrogen-bond donors (Lipinski definition) is 0. The smallest absolute Gasteiger partial charge is 0.0714 e. The Morgan fingerprint density at radius 1 is 0.460 bits per heavy atom. The van der Waals surface area contributed by atoms with E-state index >= 15 is 0 Å². The van der Waals surface area contributed by atoms with E-state index < -0.39 is 5.41 Å². The van der Waals surface area contributed by atoms with Crippen LogP contribution in [0.25, 0.3) is 11.1 Å². The minimum absolute atomic E-state index is 0.00171. The van der Waals surface area contributed by atoms with Crippen LogP contribution in [0.4, 0.5) is 17.1 Å². The van der Waals surface area contributed by atoms with E-state index in [1.807, 2.05) is 11.8 Å². The fraction of sp³-hybridized carbons (Fsp3) is 0.311. The first-order valence-electron chi connectivity index (χ1n) is 23.9. The molecule has 7 aromatic carbocycles. The zero-order valence-corrected chi connectivity index (χ0v) is 38.0. The Bertz CT molecular complexity index is 2890. The van der Waals surface area contributed by atoms with Crippen LogP contribution in [0.1, 0.15) is 117 Å². The van der Waals surface area contributed by atoms with E-state index in [1.165, 1.54) is 110 Å². The van der Waals surface area contributed by atoms with Gasteiger partial charge in [0.2, 0.25) is 0 Å². The van der Waals surface area contributed by atoms with Crippen LogP contribution in [-0.2, 0) is 21.7 Å². The molecule has 0 unspecified atom stereocenters. The maximum absolute atomic E-state index is 2.75. The molecule has 1 heterocycles. The molecule has 14 rings (SSSR count). The minimum Gasteiger partial charge on any atom is -0.309 e. The lowest BCUT2D eigenvalue weighted by Gasteiger charge is -2.63. The summed E-state index contributed by atoms with van der Waals surface area (Å²) in [7, 11) is 0. The molecular weight excluding hydrogens is 779 g/mol. The van der Waals surface area contributed by atoms with Crippen LogP contribution in [-0.4, -0.2) is 0 Å². The van der Waals surface area contributed by atoms with Crippen molar-refractivity contribution in [3.8, 4) is 11.1 Å². The maximum atomic E-state index is 2.75. The Kier molecular flexibility index (Phi) is 8.24. The minimum atomic E-state index is -0.484.